The number of aryl methyl sites for hydroxylation is 1. The molecule has 1 aromatic carbocycles. The Morgan fingerprint density at radius 3 is 2.21 bits per heavy atom. The molecule has 1 heteroatoms. The lowest BCUT2D eigenvalue weighted by atomic mass is 10.0. The first-order valence-electron chi connectivity index (χ1n) is 5.33. The van der Waals surface area contributed by atoms with Crippen LogP contribution in [0.3, 0.4) is 0 Å². The fourth-order valence-electron chi connectivity index (χ4n) is 1.53. The highest BCUT2D eigenvalue weighted by molar-refractivity contribution is 5.14. The second-order valence-electron chi connectivity index (χ2n) is 4.13. The summed E-state index contributed by atoms with van der Waals surface area (Å²) in [6.45, 7) is 4.59. The summed E-state index contributed by atoms with van der Waals surface area (Å²) < 4.78 is 0. The molecular formula is C13H23N. The Morgan fingerprint density at radius 2 is 1.64 bits per heavy atom. The molecule has 80 valence electrons. The van der Waals surface area contributed by atoms with Crippen LogP contribution in [-0.4, -0.2) is 0 Å². The molecule has 1 rings (SSSR count). The van der Waals surface area contributed by atoms with E-state index in [-0.39, 0.29) is 6.15 Å². The Labute approximate surface area is 88.1 Å². The molecule has 0 fully saturated rings. The minimum absolute atomic E-state index is 0. The van der Waals surface area contributed by atoms with Gasteiger partial charge < -0.3 is 6.15 Å². The van der Waals surface area contributed by atoms with Crippen LogP contribution in [0.25, 0.3) is 0 Å². The third-order valence-electron chi connectivity index (χ3n) is 2.34. The van der Waals surface area contributed by atoms with Crippen LogP contribution < -0.4 is 6.15 Å². The van der Waals surface area contributed by atoms with Gasteiger partial charge >= 0.3 is 0 Å². The topological polar surface area (TPSA) is 35.0 Å². The van der Waals surface area contributed by atoms with E-state index in [0.29, 0.717) is 0 Å². The summed E-state index contributed by atoms with van der Waals surface area (Å²) in [7, 11) is 0. The smallest absolute Gasteiger partial charge is 0.0279 e. The van der Waals surface area contributed by atoms with Crippen LogP contribution in [0.2, 0.25) is 0 Å². The van der Waals surface area contributed by atoms with Crippen molar-refractivity contribution in [3.05, 3.63) is 35.9 Å². The summed E-state index contributed by atoms with van der Waals surface area (Å²) in [5.41, 5.74) is 1.48. The molecule has 0 heterocycles. The first-order chi connectivity index (χ1) is 6.29. The number of hydrogen-bond acceptors (Lipinski definition) is 1. The van der Waals surface area contributed by atoms with E-state index < -0.39 is 0 Å². The lowest BCUT2D eigenvalue weighted by Crippen LogP contribution is -1.89. The van der Waals surface area contributed by atoms with E-state index in [1.54, 1.807) is 0 Å². The Kier molecular flexibility index (Phi) is 7.13. The van der Waals surface area contributed by atoms with Gasteiger partial charge in [0.05, 0.1) is 0 Å². The van der Waals surface area contributed by atoms with Gasteiger partial charge in [0.1, 0.15) is 0 Å². The van der Waals surface area contributed by atoms with Gasteiger partial charge in [-0.3, -0.25) is 0 Å². The summed E-state index contributed by atoms with van der Waals surface area (Å²) >= 11 is 0. The van der Waals surface area contributed by atoms with Crippen molar-refractivity contribution in [1.82, 2.24) is 6.15 Å². The molecule has 1 nitrogen and oxygen atoms in total. The second kappa shape index (κ2) is 7.57. The van der Waals surface area contributed by atoms with E-state index in [9.17, 15) is 0 Å². The van der Waals surface area contributed by atoms with Gasteiger partial charge in [0, 0.05) is 0 Å². The molecule has 0 saturated heterocycles. The lowest BCUT2D eigenvalue weighted by Gasteiger charge is -2.04. The first-order valence-corrected chi connectivity index (χ1v) is 5.33. The highest BCUT2D eigenvalue weighted by atomic mass is 14.0. The number of benzene rings is 1. The summed E-state index contributed by atoms with van der Waals surface area (Å²) in [6, 6.07) is 10.8. The Balaban J connectivity index is 0.00000169. The van der Waals surface area contributed by atoms with E-state index in [4.69, 9.17) is 0 Å². The number of unbranched alkanes of at least 4 members (excludes halogenated alkanes) is 1. The molecule has 0 spiro atoms. The van der Waals surface area contributed by atoms with Crippen molar-refractivity contribution >= 4 is 0 Å². The minimum Gasteiger partial charge on any atom is -0.344 e. The van der Waals surface area contributed by atoms with Crippen molar-refractivity contribution in [2.24, 2.45) is 5.92 Å². The number of hydrogen-bond donors (Lipinski definition) is 1. The molecule has 1 aromatic rings. The van der Waals surface area contributed by atoms with Gasteiger partial charge in [-0.1, -0.05) is 57.0 Å². The minimum atomic E-state index is 0. The van der Waals surface area contributed by atoms with Crippen LogP contribution in [0.1, 0.15) is 38.7 Å². The standard InChI is InChI=1S/C13H20.H3N/c1-12(2)8-6-7-11-13-9-4-3-5-10-13;/h3-5,9-10,12H,6-8,11H2,1-2H3;1H3. The van der Waals surface area contributed by atoms with Gasteiger partial charge in [-0.2, -0.15) is 0 Å². The summed E-state index contributed by atoms with van der Waals surface area (Å²) in [4.78, 5) is 0. The fourth-order valence-corrected chi connectivity index (χ4v) is 1.53. The molecule has 0 aliphatic heterocycles. The molecule has 0 bridgehead atoms. The quantitative estimate of drug-likeness (QED) is 0.698. The summed E-state index contributed by atoms with van der Waals surface area (Å²) in [5, 5.41) is 0. The molecule has 0 unspecified atom stereocenters. The van der Waals surface area contributed by atoms with Crippen molar-refractivity contribution in [3.63, 3.8) is 0 Å². The Morgan fingerprint density at radius 1 is 1.00 bits per heavy atom. The molecule has 0 radical (unpaired) electrons. The molecule has 0 amide bonds. The van der Waals surface area contributed by atoms with Gasteiger partial charge in [0.15, 0.2) is 0 Å². The van der Waals surface area contributed by atoms with Gasteiger partial charge in [-0.25, -0.2) is 0 Å². The third-order valence-corrected chi connectivity index (χ3v) is 2.34. The third kappa shape index (κ3) is 5.76. The highest BCUT2D eigenvalue weighted by Gasteiger charge is 1.95. The predicted molar refractivity (Wildman–Crippen MR) is 63.9 cm³/mol. The maximum absolute atomic E-state index is 2.29. The first kappa shape index (κ1) is 13.2. The van der Waals surface area contributed by atoms with E-state index in [1.165, 1.54) is 31.2 Å². The summed E-state index contributed by atoms with van der Waals surface area (Å²) in [6.07, 6.45) is 5.31. The molecule has 0 atom stereocenters. The van der Waals surface area contributed by atoms with E-state index in [2.05, 4.69) is 44.2 Å². The zero-order chi connectivity index (χ0) is 9.52. The van der Waals surface area contributed by atoms with Crippen LogP contribution in [0.15, 0.2) is 30.3 Å². The highest BCUT2D eigenvalue weighted by Crippen LogP contribution is 2.10. The average molecular weight is 193 g/mol. The number of rotatable bonds is 5. The largest absolute Gasteiger partial charge is 0.344 e. The van der Waals surface area contributed by atoms with Crippen molar-refractivity contribution in [2.75, 3.05) is 0 Å². The zero-order valence-electron chi connectivity index (χ0n) is 9.50. The van der Waals surface area contributed by atoms with Gasteiger partial charge in [-0.15, -0.1) is 0 Å². The molecular weight excluding hydrogens is 170 g/mol. The monoisotopic (exact) mass is 193 g/mol. The summed E-state index contributed by atoms with van der Waals surface area (Å²) in [5.74, 6) is 0.857. The zero-order valence-corrected chi connectivity index (χ0v) is 9.50. The van der Waals surface area contributed by atoms with Crippen molar-refractivity contribution in [2.45, 2.75) is 39.5 Å². The predicted octanol–water partition coefficient (Wildman–Crippen LogP) is 4.22. The molecule has 14 heavy (non-hydrogen) atoms. The maximum Gasteiger partial charge on any atom is -0.0279 e. The molecule has 0 aliphatic rings. The van der Waals surface area contributed by atoms with Gasteiger partial charge in [0.25, 0.3) is 0 Å². The van der Waals surface area contributed by atoms with Gasteiger partial charge in [0.2, 0.25) is 0 Å². The Hall–Kier alpha value is -0.820. The normalized spacial score (nSPS) is 9.93. The van der Waals surface area contributed by atoms with Crippen LogP contribution in [-0.2, 0) is 6.42 Å². The van der Waals surface area contributed by atoms with Crippen LogP contribution in [0.4, 0.5) is 0 Å². The lowest BCUT2D eigenvalue weighted by molar-refractivity contribution is 0.538. The SMILES string of the molecule is CC(C)CCCCc1ccccc1.N. The van der Waals surface area contributed by atoms with Crippen LogP contribution in [0, 0.1) is 5.92 Å². The second-order valence-corrected chi connectivity index (χ2v) is 4.13. The van der Waals surface area contributed by atoms with Crippen molar-refractivity contribution < 1.29 is 0 Å². The molecule has 0 aliphatic carbocycles. The molecule has 3 N–H and O–H groups in total. The van der Waals surface area contributed by atoms with E-state index in [1.807, 2.05) is 0 Å². The van der Waals surface area contributed by atoms with Gasteiger partial charge in [-0.05, 0) is 24.3 Å². The Bertz CT molecular complexity index is 216. The molecule has 0 aromatic heterocycles. The van der Waals surface area contributed by atoms with E-state index >= 15 is 0 Å². The van der Waals surface area contributed by atoms with Crippen molar-refractivity contribution in [1.29, 1.82) is 0 Å². The van der Waals surface area contributed by atoms with Crippen LogP contribution in [0.5, 0.6) is 0 Å². The fraction of sp³-hybridized carbons (Fsp3) is 0.538. The maximum atomic E-state index is 2.29. The average Bonchev–Trinajstić information content (AvgIpc) is 2.14. The van der Waals surface area contributed by atoms with Crippen molar-refractivity contribution in [3.8, 4) is 0 Å². The van der Waals surface area contributed by atoms with Crippen LogP contribution >= 0.6 is 0 Å². The van der Waals surface area contributed by atoms with E-state index in [0.717, 1.165) is 5.92 Å². The molecule has 0 saturated carbocycles.